The molecule has 8 aliphatic rings. The summed E-state index contributed by atoms with van der Waals surface area (Å²) >= 11 is 14.4. The predicted molar refractivity (Wildman–Crippen MR) is 304 cm³/mol. The minimum absolute atomic E-state index is 0.0930. The molecular weight excluding hydrogens is 1080 g/mol. The predicted octanol–water partition coefficient (Wildman–Crippen LogP) is 10.3. The average molecular weight is 1160 g/mol. The molecule has 16 nitrogen and oxygen atoms in total. The normalized spacial score (nSPS) is 40.5. The first-order chi connectivity index (χ1) is 38.2. The lowest BCUT2D eigenvalue weighted by atomic mass is 9.46. The first kappa shape index (κ1) is 61.9. The second kappa shape index (κ2) is 23.5. The Kier molecular flexibility index (Phi) is 17.9. The lowest BCUT2D eigenvalue weighted by Gasteiger charge is -2.61. The zero-order chi connectivity index (χ0) is 59.4. The van der Waals surface area contributed by atoms with Crippen molar-refractivity contribution in [2.75, 3.05) is 13.2 Å². The topological polar surface area (TPSA) is 234 Å². The number of nitrogens with zero attached hydrogens (tertiary/aromatic N) is 2. The summed E-state index contributed by atoms with van der Waals surface area (Å²) in [4.78, 5) is 83.2. The fourth-order valence-corrected chi connectivity index (χ4v) is 18.0. The number of alkyl halides is 2. The Bertz CT molecular complexity index is 2860. The van der Waals surface area contributed by atoms with Crippen LogP contribution in [0.1, 0.15) is 139 Å². The van der Waals surface area contributed by atoms with E-state index < -0.39 is 93.7 Å². The number of Topliss-reactive ketones (excluding diaryl/α,β-unsaturated/α-hetero) is 2. The number of hydrogen-bond acceptors (Lipinski definition) is 16. The Morgan fingerprint density at radius 1 is 0.642 bits per heavy atom. The number of aliphatic hydroxyl groups excluding tert-OH is 2. The van der Waals surface area contributed by atoms with Gasteiger partial charge in [-0.05, 0) is 111 Å². The van der Waals surface area contributed by atoms with E-state index in [2.05, 4.69) is 30.2 Å². The van der Waals surface area contributed by atoms with Crippen LogP contribution < -0.4 is 4.84 Å². The number of rotatable bonds is 14. The number of esters is 4. The van der Waals surface area contributed by atoms with Crippen LogP contribution >= 0.6 is 23.2 Å². The van der Waals surface area contributed by atoms with Crippen molar-refractivity contribution in [3.8, 4) is 5.75 Å². The highest BCUT2D eigenvalue weighted by atomic mass is 35.5. The van der Waals surface area contributed by atoms with Crippen molar-refractivity contribution in [3.05, 3.63) is 77.4 Å². The van der Waals surface area contributed by atoms with Crippen molar-refractivity contribution in [1.82, 2.24) is 0 Å². The van der Waals surface area contributed by atoms with Crippen LogP contribution in [0.3, 0.4) is 0 Å². The number of fused-ring (bicyclic) bond motifs is 10. The Balaban J connectivity index is 0.000000216. The smallest absolute Gasteiger partial charge is 0.306 e. The number of carbonyl (C=O) groups is 6. The van der Waals surface area contributed by atoms with Crippen molar-refractivity contribution >= 4 is 70.1 Å². The molecule has 8 aliphatic carbocycles. The third kappa shape index (κ3) is 10.4. The molecule has 0 bridgehead atoms. The van der Waals surface area contributed by atoms with E-state index in [1.807, 2.05) is 83.2 Å². The zero-order valence-electron chi connectivity index (χ0n) is 48.7. The first-order valence-electron chi connectivity index (χ1n) is 29.0. The molecule has 18 heteroatoms. The number of aliphatic hydroxyl groups is 2. The number of ether oxygens (including phenoxy) is 4. The van der Waals surface area contributed by atoms with Crippen LogP contribution in [0.15, 0.2) is 82.2 Å². The summed E-state index contributed by atoms with van der Waals surface area (Å²) in [6, 6.07) is 7.69. The molecule has 0 aromatic heterocycles. The van der Waals surface area contributed by atoms with Gasteiger partial charge in [0.1, 0.15) is 11.4 Å². The lowest BCUT2D eigenvalue weighted by molar-refractivity contribution is -0.205. The molecule has 6 saturated carbocycles. The van der Waals surface area contributed by atoms with Crippen LogP contribution in [0.25, 0.3) is 0 Å². The van der Waals surface area contributed by atoms with Gasteiger partial charge in [-0.1, -0.05) is 115 Å². The van der Waals surface area contributed by atoms with Crippen molar-refractivity contribution in [2.24, 2.45) is 79.3 Å². The van der Waals surface area contributed by atoms with Gasteiger partial charge in [0, 0.05) is 81.8 Å². The molecule has 1 aromatic rings. The van der Waals surface area contributed by atoms with Gasteiger partial charge in [-0.15, -0.1) is 23.2 Å². The quantitative estimate of drug-likeness (QED) is 0.0517. The van der Waals surface area contributed by atoms with Crippen LogP contribution in [0, 0.1) is 75.9 Å². The highest BCUT2D eigenvalue weighted by Crippen LogP contribution is 2.72. The summed E-state index contributed by atoms with van der Waals surface area (Å²) in [5.41, 5.74) is -1.63. The maximum atomic E-state index is 14.1. The van der Waals surface area contributed by atoms with Gasteiger partial charge in [-0.3, -0.25) is 28.8 Å². The van der Waals surface area contributed by atoms with Crippen molar-refractivity contribution in [3.63, 3.8) is 0 Å². The number of oxime groups is 2. The van der Waals surface area contributed by atoms with Gasteiger partial charge < -0.3 is 39.2 Å². The Labute approximate surface area is 486 Å². The third-order valence-corrected chi connectivity index (χ3v) is 21.6. The second-order valence-electron chi connectivity index (χ2n) is 25.0. The minimum atomic E-state index is -1.55. The van der Waals surface area contributed by atoms with E-state index in [-0.39, 0.29) is 96.6 Å². The molecule has 0 heterocycles. The number of carbonyl (C=O) groups excluding carboxylic acids is 6. The largest absolute Gasteiger partial charge is 0.457 e. The molecule has 0 amide bonds. The molecule has 442 valence electrons. The molecule has 3 N–H and O–H groups in total. The molecule has 9 rings (SSSR count). The summed E-state index contributed by atoms with van der Waals surface area (Å²) in [7, 11) is 0. The Hall–Kier alpha value is -5.16. The van der Waals surface area contributed by atoms with Gasteiger partial charge in [0.25, 0.3) is 0 Å². The molecule has 81 heavy (non-hydrogen) atoms. The van der Waals surface area contributed by atoms with Crippen LogP contribution in [-0.4, -0.2) is 110 Å². The SMILES string of the molecule is CCC(=O)OCC(=O)[C@@]1(OC(=O)CC)[C@H](C)C[C@H]2[C@H]3[C@H]([C@@H](O)C[C@@]21C)[C@@]1(C)C=C/C(=N/Oc2cccc(C)c2)C=C1C[C@H]3Cl.CCC(=O)OCC(=O)[C@@]1(OC(=O)CC)[C@H](C)C[C@H]2[C@H]3[C@H]([C@@H](O)C[C@@]21C)[C@@]1(C)C=CC(=NO)C=C1C[C@H]3Cl. The molecule has 6 fully saturated rings. The van der Waals surface area contributed by atoms with E-state index in [1.165, 1.54) is 0 Å². The van der Waals surface area contributed by atoms with E-state index in [4.69, 9.17) is 47.0 Å². The average Bonchev–Trinajstić information content (AvgIpc) is 3.69. The van der Waals surface area contributed by atoms with Gasteiger partial charge in [0.05, 0.1) is 12.2 Å². The summed E-state index contributed by atoms with van der Waals surface area (Å²) < 4.78 is 22.7. The Morgan fingerprint density at radius 3 is 1.47 bits per heavy atom. The highest BCUT2D eigenvalue weighted by molar-refractivity contribution is 6.21. The number of aryl methyl sites for hydroxylation is 1. The maximum Gasteiger partial charge on any atom is 0.306 e. The van der Waals surface area contributed by atoms with Crippen molar-refractivity contribution in [2.45, 2.75) is 175 Å². The molecule has 18 atom stereocenters. The van der Waals surface area contributed by atoms with Gasteiger partial charge in [-0.2, -0.15) is 0 Å². The fraction of sp³-hybridized carbons (Fsp3) is 0.651. The molecule has 0 radical (unpaired) electrons. The number of allylic oxidation sites excluding steroid dienone is 8. The third-order valence-electron chi connectivity index (χ3n) is 20.7. The van der Waals surface area contributed by atoms with E-state index in [9.17, 15) is 44.2 Å². The van der Waals surface area contributed by atoms with E-state index >= 15 is 0 Å². The van der Waals surface area contributed by atoms with E-state index in [0.717, 1.165) is 16.7 Å². The Morgan fingerprint density at radius 2 is 1.06 bits per heavy atom. The molecule has 0 unspecified atom stereocenters. The number of hydrogen-bond donors (Lipinski definition) is 3. The van der Waals surface area contributed by atoms with Crippen LogP contribution in [0.4, 0.5) is 0 Å². The van der Waals surface area contributed by atoms with Crippen LogP contribution in [-0.2, 0) is 47.7 Å². The molecule has 0 spiro atoms. The van der Waals surface area contributed by atoms with Crippen molar-refractivity contribution < 1.29 is 68.0 Å². The second-order valence-corrected chi connectivity index (χ2v) is 26.2. The van der Waals surface area contributed by atoms with E-state index in [1.54, 1.807) is 33.8 Å². The van der Waals surface area contributed by atoms with Gasteiger partial charge in [0.15, 0.2) is 30.2 Å². The first-order valence-corrected chi connectivity index (χ1v) is 29.9. The summed E-state index contributed by atoms with van der Waals surface area (Å²) in [6.07, 6.45) is 13.2. The van der Waals surface area contributed by atoms with Gasteiger partial charge in [-0.25, -0.2) is 0 Å². The molecule has 0 aliphatic heterocycles. The minimum Gasteiger partial charge on any atom is -0.457 e. The maximum absolute atomic E-state index is 14.1. The fourth-order valence-electron chi connectivity index (χ4n) is 17.0. The molecule has 1 aromatic carbocycles. The summed E-state index contributed by atoms with van der Waals surface area (Å²) in [5, 5.41) is 40.1. The molecular formula is C63H82Cl2N2O14. The highest BCUT2D eigenvalue weighted by Gasteiger charge is 2.76. The lowest BCUT2D eigenvalue weighted by Crippen LogP contribution is -2.65. The molecule has 0 saturated heterocycles. The standard InChI is InChI=1S/C35H44ClNO7.C28H38ClNO7/c1-7-29(40)42-19-28(39)35(43-30(41)8-2)21(4)15-25-31-26(36)17-22-16-23(37-44-24-11-9-10-20(3)14-24)12-13-33(22,5)32(31)27(38)18-34(25,35)6;1-6-22(33)36-14-21(32)28(37-23(34)7-2)15(3)10-18-24-19(29)12-16-11-17(30-35)8-9-26(16,4)25(24)20(31)13-27(18,28)5/h9-14,16,21,25-27,31-32,38H,7-8,15,17-19H2,1-6H3;8-9,11,15,18-20,24-25,31,35H,6-7,10,12-14H2,1-5H3/b37-23-;/t21-,25+,26-,27+,31-,32+,33+,34+,35+;15-,18+,19-,20+,24-,25+,26+,27+,28+/m11/s1. The summed E-state index contributed by atoms with van der Waals surface area (Å²) in [5.74, 6) is -3.97. The van der Waals surface area contributed by atoms with Crippen LogP contribution in [0.2, 0.25) is 0 Å². The number of benzene rings is 1. The number of halogens is 2. The monoisotopic (exact) mass is 1160 g/mol. The van der Waals surface area contributed by atoms with Gasteiger partial charge in [0.2, 0.25) is 11.6 Å². The zero-order valence-corrected chi connectivity index (χ0v) is 50.2. The van der Waals surface area contributed by atoms with E-state index in [0.29, 0.717) is 42.9 Å². The number of ketones is 2. The van der Waals surface area contributed by atoms with Gasteiger partial charge >= 0.3 is 23.9 Å². The summed E-state index contributed by atoms with van der Waals surface area (Å²) in [6.45, 7) is 19.6. The van der Waals surface area contributed by atoms with Crippen molar-refractivity contribution in [1.29, 1.82) is 0 Å². The van der Waals surface area contributed by atoms with Crippen LogP contribution in [0.5, 0.6) is 5.75 Å².